The van der Waals surface area contributed by atoms with Gasteiger partial charge in [0.25, 0.3) is 0 Å². The maximum absolute atomic E-state index is 8.00. The Bertz CT molecular complexity index is 3020. The molecule has 0 aliphatic carbocycles. The number of imidazole rings is 1. The van der Waals surface area contributed by atoms with E-state index in [1.165, 1.54) is 28.9 Å². The first-order valence-electron chi connectivity index (χ1n) is 21.3. The summed E-state index contributed by atoms with van der Waals surface area (Å²) in [5.41, 5.74) is 10.7. The van der Waals surface area contributed by atoms with E-state index in [1.807, 2.05) is 66.9 Å². The van der Waals surface area contributed by atoms with Gasteiger partial charge in [0.05, 0.1) is 30.5 Å². The number of hydrogen-bond acceptors (Lipinski definition) is 4. The smallest absolute Gasteiger partial charge is 0.216 e. The Morgan fingerprint density at radius 3 is 2.18 bits per heavy atom. The summed E-state index contributed by atoms with van der Waals surface area (Å²) >= 11 is 0. The van der Waals surface area contributed by atoms with Gasteiger partial charge in [-0.15, -0.1) is 54.1 Å². The molecule has 0 unspecified atom stereocenters. The molecular formula is C49H44IrN4OSi-2. The minimum Gasteiger partial charge on any atom is -0.486 e. The van der Waals surface area contributed by atoms with Crippen LogP contribution in [0.1, 0.15) is 36.0 Å². The van der Waals surface area contributed by atoms with E-state index in [-0.39, 0.29) is 31.2 Å². The summed E-state index contributed by atoms with van der Waals surface area (Å²) in [6.45, 7) is 8.28. The Labute approximate surface area is 352 Å². The molecular weight excluding hydrogens is 881 g/mol. The number of benzene rings is 5. The van der Waals surface area contributed by atoms with E-state index in [4.69, 9.17) is 17.6 Å². The Balaban J connectivity index is 0.000000286. The second kappa shape index (κ2) is 15.6. The normalized spacial score (nSPS) is 13.5. The van der Waals surface area contributed by atoms with Crippen LogP contribution >= 0.6 is 0 Å². The summed E-state index contributed by atoms with van der Waals surface area (Å²) in [5, 5.41) is 2.77. The topological polar surface area (TPSA) is 56.7 Å². The molecule has 0 amide bonds. The minimum absolute atomic E-state index is 0. The molecule has 5 nitrogen and oxygen atoms in total. The molecule has 0 fully saturated rings. The van der Waals surface area contributed by atoms with Crippen LogP contribution in [0.25, 0.3) is 72.6 Å². The molecule has 0 N–H and O–H groups in total. The van der Waals surface area contributed by atoms with Crippen molar-refractivity contribution in [2.24, 2.45) is 0 Å². The molecule has 0 atom stereocenters. The van der Waals surface area contributed by atoms with Crippen molar-refractivity contribution in [3.05, 3.63) is 162 Å². The van der Waals surface area contributed by atoms with E-state index in [1.54, 1.807) is 12.3 Å². The zero-order valence-corrected chi connectivity index (χ0v) is 35.5. The second-order valence-electron chi connectivity index (χ2n) is 15.0. The summed E-state index contributed by atoms with van der Waals surface area (Å²) < 4.78 is 56.6. The van der Waals surface area contributed by atoms with Gasteiger partial charge in [-0.1, -0.05) is 102 Å². The Morgan fingerprint density at radius 1 is 0.750 bits per heavy atom. The van der Waals surface area contributed by atoms with Gasteiger partial charge in [-0.25, -0.2) is 4.98 Å². The standard InChI is InChI=1S/C35H28N3O.C14H16NSi.Ir/c1-20-15-21(2)19-25(18-20)26-13-14-36-35-31(26)27-9-8-10-28(33(27)39-35)34-37-29-11-6-7-12-30(29)38(34)32-23(4)16-22(3)17-24(32)5;1-16(2,3)13-9-10-14(15-11-13)12-7-5-4-6-8-12;/h6-9,11-19H,1-5H3;4-7,9-11H,1-3H3;/q2*-1;/i1D3,2D3;;. The van der Waals surface area contributed by atoms with Gasteiger partial charge in [-0.3, -0.25) is 4.98 Å². The molecule has 7 heteroatoms. The van der Waals surface area contributed by atoms with Crippen LogP contribution < -0.4 is 5.19 Å². The third-order valence-electron chi connectivity index (χ3n) is 9.84. The fraction of sp³-hybridized carbons (Fsp3) is 0.163. The molecule has 4 aromatic heterocycles. The molecule has 281 valence electrons. The van der Waals surface area contributed by atoms with Gasteiger partial charge in [0.2, 0.25) is 5.71 Å². The number of furan rings is 1. The minimum atomic E-state index is -2.49. The molecule has 5 aromatic carbocycles. The maximum atomic E-state index is 8.00. The molecule has 0 aliphatic heterocycles. The van der Waals surface area contributed by atoms with Crippen LogP contribution in [-0.4, -0.2) is 27.6 Å². The van der Waals surface area contributed by atoms with Gasteiger partial charge in [0.1, 0.15) is 0 Å². The van der Waals surface area contributed by atoms with Crippen molar-refractivity contribution in [2.45, 2.75) is 54.1 Å². The van der Waals surface area contributed by atoms with Crippen LogP contribution in [0.2, 0.25) is 19.6 Å². The number of hydrogen-bond donors (Lipinski definition) is 0. The third kappa shape index (κ3) is 7.43. The van der Waals surface area contributed by atoms with Gasteiger partial charge >= 0.3 is 0 Å². The average molecular weight is 931 g/mol. The predicted molar refractivity (Wildman–Crippen MR) is 231 cm³/mol. The number of aromatic nitrogens is 4. The molecule has 1 radical (unpaired) electrons. The van der Waals surface area contributed by atoms with Crippen molar-refractivity contribution in [1.29, 1.82) is 0 Å². The maximum Gasteiger partial charge on any atom is 0.216 e. The summed E-state index contributed by atoms with van der Waals surface area (Å²) in [5.74, 6) is 0.659. The van der Waals surface area contributed by atoms with Gasteiger partial charge in [0.15, 0.2) is 0 Å². The van der Waals surface area contributed by atoms with Crippen molar-refractivity contribution in [3.8, 4) is 39.5 Å². The number of nitrogens with zero attached hydrogens (tertiary/aromatic N) is 4. The van der Waals surface area contributed by atoms with E-state index >= 15 is 0 Å². The number of rotatable bonds is 5. The molecule has 4 heterocycles. The first-order valence-corrected chi connectivity index (χ1v) is 21.8. The van der Waals surface area contributed by atoms with E-state index in [0.717, 1.165) is 44.5 Å². The summed E-state index contributed by atoms with van der Waals surface area (Å²) in [7, 11) is -1.23. The van der Waals surface area contributed by atoms with Crippen LogP contribution in [0, 0.1) is 46.6 Å². The first-order chi connectivity index (χ1) is 28.9. The molecule has 9 aromatic rings. The largest absolute Gasteiger partial charge is 0.486 e. The van der Waals surface area contributed by atoms with Crippen LogP contribution in [-0.2, 0) is 20.1 Å². The van der Waals surface area contributed by atoms with E-state index < -0.39 is 21.8 Å². The molecule has 0 spiro atoms. The third-order valence-corrected chi connectivity index (χ3v) is 11.9. The second-order valence-corrected chi connectivity index (χ2v) is 20.1. The van der Waals surface area contributed by atoms with E-state index in [2.05, 4.69) is 91.3 Å². The zero-order chi connectivity index (χ0) is 43.4. The van der Waals surface area contributed by atoms with Crippen molar-refractivity contribution in [2.75, 3.05) is 0 Å². The van der Waals surface area contributed by atoms with Crippen LogP contribution in [0.3, 0.4) is 0 Å². The molecule has 0 bridgehead atoms. The quantitative estimate of drug-likeness (QED) is 0.127. The number of fused-ring (bicyclic) bond motifs is 4. The molecule has 0 aliphatic rings. The van der Waals surface area contributed by atoms with E-state index in [0.29, 0.717) is 39.2 Å². The summed E-state index contributed by atoms with van der Waals surface area (Å²) in [4.78, 5) is 14.1. The number of pyridine rings is 2. The van der Waals surface area contributed by atoms with Crippen LogP contribution in [0.15, 0.2) is 126 Å². The summed E-state index contributed by atoms with van der Waals surface area (Å²) in [6, 6.07) is 40.8. The Hall–Kier alpha value is -5.46. The van der Waals surface area contributed by atoms with Crippen molar-refractivity contribution in [3.63, 3.8) is 0 Å². The number of aryl methyl sites for hydroxylation is 5. The van der Waals surface area contributed by atoms with Crippen molar-refractivity contribution >= 4 is 46.4 Å². The van der Waals surface area contributed by atoms with Gasteiger partial charge < -0.3 is 14.0 Å². The summed E-state index contributed by atoms with van der Waals surface area (Å²) in [6.07, 6.45) is 3.59. The first kappa shape index (κ1) is 31.7. The SMILES string of the molecule is C[Si](C)(C)c1ccc(-c2[c-]cccc2)nc1.[2H]C([2H])([2H])c1cc(-c2ccnc3oc4c(-c5nc6ccccc6n5-c5c(C)cc(C)cc5C)[c-]ccc4c23)cc(C([2H])([2H])[2H])c1.[Ir]. The van der Waals surface area contributed by atoms with Crippen molar-refractivity contribution in [1.82, 2.24) is 19.5 Å². The molecule has 9 rings (SSSR count). The Kier molecular flexibility index (Phi) is 8.82. The van der Waals surface area contributed by atoms with Gasteiger partial charge in [-0.2, -0.15) is 0 Å². The van der Waals surface area contributed by atoms with Gasteiger partial charge in [0, 0.05) is 51.8 Å². The molecule has 0 saturated carbocycles. The van der Waals surface area contributed by atoms with Gasteiger partial charge in [-0.05, 0) is 85.8 Å². The van der Waals surface area contributed by atoms with Crippen LogP contribution in [0.5, 0.6) is 0 Å². The van der Waals surface area contributed by atoms with Crippen LogP contribution in [0.4, 0.5) is 0 Å². The fourth-order valence-electron chi connectivity index (χ4n) is 7.35. The number of para-hydroxylation sites is 2. The average Bonchev–Trinajstić information content (AvgIpc) is 3.79. The monoisotopic (exact) mass is 931 g/mol. The predicted octanol–water partition coefficient (Wildman–Crippen LogP) is 12.1. The van der Waals surface area contributed by atoms with E-state index in [9.17, 15) is 0 Å². The fourth-order valence-corrected chi connectivity index (χ4v) is 8.38. The van der Waals surface area contributed by atoms with Crippen molar-refractivity contribution < 1.29 is 32.7 Å². The molecule has 56 heavy (non-hydrogen) atoms. The zero-order valence-electron chi connectivity index (χ0n) is 38.1. The molecule has 0 saturated heterocycles. The Morgan fingerprint density at radius 2 is 1.50 bits per heavy atom.